The molecule has 0 aliphatic heterocycles. The molecule has 0 unspecified atom stereocenters. The van der Waals surface area contributed by atoms with Crippen LogP contribution in [0.2, 0.25) is 0 Å². The predicted molar refractivity (Wildman–Crippen MR) is 75.7 cm³/mol. The van der Waals surface area contributed by atoms with Gasteiger partial charge in [0.25, 0.3) is 5.91 Å². The summed E-state index contributed by atoms with van der Waals surface area (Å²) in [6.07, 6.45) is 1.58. The van der Waals surface area contributed by atoms with Gasteiger partial charge in [0.2, 0.25) is 0 Å². The van der Waals surface area contributed by atoms with Gasteiger partial charge in [-0.25, -0.2) is 9.37 Å². The third-order valence-electron chi connectivity index (χ3n) is 2.65. The highest BCUT2D eigenvalue weighted by atomic mass is 79.9. The summed E-state index contributed by atoms with van der Waals surface area (Å²) in [5, 5.41) is 0. The molecule has 0 atom stereocenters. The summed E-state index contributed by atoms with van der Waals surface area (Å²) in [7, 11) is 0. The second-order valence-electron chi connectivity index (χ2n) is 3.89. The van der Waals surface area contributed by atoms with Gasteiger partial charge in [-0.05, 0) is 59.3 Å². The lowest BCUT2D eigenvalue weighted by Gasteiger charge is -2.20. The summed E-state index contributed by atoms with van der Waals surface area (Å²) in [6, 6.07) is 9.24. The van der Waals surface area contributed by atoms with E-state index in [1.165, 1.54) is 12.1 Å². The summed E-state index contributed by atoms with van der Waals surface area (Å²) in [6.45, 7) is 2.35. The number of pyridine rings is 1. The van der Waals surface area contributed by atoms with Crippen molar-refractivity contribution in [2.24, 2.45) is 0 Å². The van der Waals surface area contributed by atoms with Crippen LogP contribution in [0.4, 0.5) is 10.1 Å². The van der Waals surface area contributed by atoms with Crippen molar-refractivity contribution in [1.82, 2.24) is 4.98 Å². The van der Waals surface area contributed by atoms with Crippen molar-refractivity contribution in [3.05, 3.63) is 58.6 Å². The van der Waals surface area contributed by atoms with E-state index in [1.54, 1.807) is 35.4 Å². The molecule has 1 aromatic carbocycles. The van der Waals surface area contributed by atoms with E-state index in [1.807, 2.05) is 6.92 Å². The first-order valence-electron chi connectivity index (χ1n) is 5.81. The Morgan fingerprint density at radius 3 is 2.47 bits per heavy atom. The normalized spacial score (nSPS) is 10.3. The van der Waals surface area contributed by atoms with Crippen molar-refractivity contribution in [2.45, 2.75) is 6.92 Å². The zero-order chi connectivity index (χ0) is 13.8. The van der Waals surface area contributed by atoms with Crippen LogP contribution in [0.1, 0.15) is 17.4 Å². The number of hydrogen-bond donors (Lipinski definition) is 0. The molecule has 1 heterocycles. The molecule has 1 aromatic heterocycles. The summed E-state index contributed by atoms with van der Waals surface area (Å²) >= 11 is 3.27. The Labute approximate surface area is 119 Å². The van der Waals surface area contributed by atoms with Gasteiger partial charge in [-0.2, -0.15) is 0 Å². The van der Waals surface area contributed by atoms with E-state index in [2.05, 4.69) is 20.9 Å². The first-order valence-corrected chi connectivity index (χ1v) is 6.60. The van der Waals surface area contributed by atoms with Crippen LogP contribution in [0.3, 0.4) is 0 Å². The molecular formula is C14H12BrFN2O. The van der Waals surface area contributed by atoms with Crippen molar-refractivity contribution in [2.75, 3.05) is 11.4 Å². The molecule has 0 spiro atoms. The molecule has 0 N–H and O–H groups in total. The number of nitrogens with zero attached hydrogens (tertiary/aromatic N) is 2. The quantitative estimate of drug-likeness (QED) is 0.864. The Balaban J connectivity index is 2.29. The lowest BCUT2D eigenvalue weighted by Crippen LogP contribution is -2.31. The zero-order valence-corrected chi connectivity index (χ0v) is 11.9. The van der Waals surface area contributed by atoms with Gasteiger partial charge in [-0.15, -0.1) is 0 Å². The fourth-order valence-electron chi connectivity index (χ4n) is 1.71. The molecule has 2 aromatic rings. The summed E-state index contributed by atoms with van der Waals surface area (Å²) in [5.41, 5.74) is 1.01. The largest absolute Gasteiger partial charge is 0.307 e. The minimum absolute atomic E-state index is 0.207. The number of anilines is 1. The minimum atomic E-state index is -0.325. The third-order valence-corrected chi connectivity index (χ3v) is 3.12. The molecule has 0 fully saturated rings. The first kappa shape index (κ1) is 13.7. The molecular weight excluding hydrogens is 311 g/mol. The second kappa shape index (κ2) is 5.93. The molecule has 19 heavy (non-hydrogen) atoms. The average Bonchev–Trinajstić information content (AvgIpc) is 2.42. The number of amides is 1. The van der Waals surface area contributed by atoms with Gasteiger partial charge >= 0.3 is 0 Å². The fraction of sp³-hybridized carbons (Fsp3) is 0.143. The highest BCUT2D eigenvalue weighted by Gasteiger charge is 2.17. The van der Waals surface area contributed by atoms with Gasteiger partial charge in [-0.1, -0.05) is 0 Å². The summed E-state index contributed by atoms with van der Waals surface area (Å²) in [4.78, 5) is 18.0. The first-order chi connectivity index (χ1) is 9.11. The van der Waals surface area contributed by atoms with Gasteiger partial charge in [0.15, 0.2) is 0 Å². The highest BCUT2D eigenvalue weighted by Crippen LogP contribution is 2.17. The SMILES string of the molecule is CCN(C(=O)c1ccc(Br)cn1)c1ccc(F)cc1. The molecule has 0 aliphatic rings. The molecule has 1 amide bonds. The molecule has 0 aliphatic carbocycles. The summed E-state index contributed by atoms with van der Waals surface area (Å²) in [5.74, 6) is -0.532. The molecule has 0 saturated heterocycles. The van der Waals surface area contributed by atoms with Gasteiger partial charge in [-0.3, -0.25) is 4.79 Å². The molecule has 3 nitrogen and oxygen atoms in total. The Morgan fingerprint density at radius 2 is 1.95 bits per heavy atom. The van der Waals surface area contributed by atoms with Crippen LogP contribution in [-0.2, 0) is 0 Å². The molecule has 0 saturated carbocycles. The number of carbonyl (C=O) groups excluding carboxylic acids is 1. The lowest BCUT2D eigenvalue weighted by atomic mass is 10.2. The number of rotatable bonds is 3. The average molecular weight is 323 g/mol. The third kappa shape index (κ3) is 3.17. The monoisotopic (exact) mass is 322 g/mol. The Bertz CT molecular complexity index is 569. The predicted octanol–water partition coefficient (Wildman–Crippen LogP) is 3.65. The number of hydrogen-bond acceptors (Lipinski definition) is 2. The summed E-state index contributed by atoms with van der Waals surface area (Å²) < 4.78 is 13.7. The molecule has 98 valence electrons. The van der Waals surface area contributed by atoms with E-state index in [0.717, 1.165) is 4.47 Å². The van der Waals surface area contributed by atoms with E-state index < -0.39 is 0 Å². The van der Waals surface area contributed by atoms with Crippen LogP contribution in [0, 0.1) is 5.82 Å². The van der Waals surface area contributed by atoms with E-state index in [4.69, 9.17) is 0 Å². The van der Waals surface area contributed by atoms with Crippen LogP contribution >= 0.6 is 15.9 Å². The molecule has 0 bridgehead atoms. The van der Waals surface area contributed by atoms with E-state index >= 15 is 0 Å². The van der Waals surface area contributed by atoms with Crippen LogP contribution in [0.15, 0.2) is 47.1 Å². The van der Waals surface area contributed by atoms with Crippen molar-refractivity contribution in [3.63, 3.8) is 0 Å². The van der Waals surface area contributed by atoms with Crippen molar-refractivity contribution in [3.8, 4) is 0 Å². The number of carbonyl (C=O) groups is 1. The van der Waals surface area contributed by atoms with Gasteiger partial charge < -0.3 is 4.90 Å². The van der Waals surface area contributed by atoms with Crippen molar-refractivity contribution in [1.29, 1.82) is 0 Å². The van der Waals surface area contributed by atoms with E-state index in [9.17, 15) is 9.18 Å². The topological polar surface area (TPSA) is 33.2 Å². The molecule has 2 rings (SSSR count). The highest BCUT2D eigenvalue weighted by molar-refractivity contribution is 9.10. The standard InChI is InChI=1S/C14H12BrFN2O/c1-2-18(12-6-4-11(16)5-7-12)14(19)13-8-3-10(15)9-17-13/h3-9H,2H2,1H3. The maximum absolute atomic E-state index is 12.9. The van der Waals surface area contributed by atoms with Crippen molar-refractivity contribution < 1.29 is 9.18 Å². The fourth-order valence-corrected chi connectivity index (χ4v) is 1.94. The maximum Gasteiger partial charge on any atom is 0.276 e. The smallest absolute Gasteiger partial charge is 0.276 e. The molecule has 0 radical (unpaired) electrons. The molecule has 5 heteroatoms. The van der Waals surface area contributed by atoms with Gasteiger partial charge in [0.1, 0.15) is 11.5 Å². The van der Waals surface area contributed by atoms with Crippen LogP contribution < -0.4 is 4.90 Å². The minimum Gasteiger partial charge on any atom is -0.307 e. The second-order valence-corrected chi connectivity index (χ2v) is 4.80. The van der Waals surface area contributed by atoms with Crippen LogP contribution in [0.25, 0.3) is 0 Å². The zero-order valence-electron chi connectivity index (χ0n) is 10.3. The van der Waals surface area contributed by atoms with E-state index in [0.29, 0.717) is 17.9 Å². The Hall–Kier alpha value is -1.75. The van der Waals surface area contributed by atoms with Gasteiger partial charge in [0.05, 0.1) is 0 Å². The Kier molecular flexibility index (Phi) is 4.27. The number of aromatic nitrogens is 1. The van der Waals surface area contributed by atoms with Gasteiger partial charge in [0, 0.05) is 22.9 Å². The van der Waals surface area contributed by atoms with Crippen LogP contribution in [0.5, 0.6) is 0 Å². The maximum atomic E-state index is 12.9. The Morgan fingerprint density at radius 1 is 1.26 bits per heavy atom. The lowest BCUT2D eigenvalue weighted by molar-refractivity contribution is 0.0983. The van der Waals surface area contributed by atoms with Crippen molar-refractivity contribution >= 4 is 27.5 Å². The number of benzene rings is 1. The number of halogens is 2. The van der Waals surface area contributed by atoms with E-state index in [-0.39, 0.29) is 11.7 Å². The van der Waals surface area contributed by atoms with Crippen LogP contribution in [-0.4, -0.2) is 17.4 Å².